The second-order valence-electron chi connectivity index (χ2n) is 9.86. The average Bonchev–Trinajstić information content (AvgIpc) is 3.01. The van der Waals surface area contributed by atoms with Gasteiger partial charge in [0, 0.05) is 18.3 Å². The van der Waals surface area contributed by atoms with Gasteiger partial charge in [0.15, 0.2) is 0 Å². The molecule has 26 heavy (non-hydrogen) atoms. The van der Waals surface area contributed by atoms with Crippen molar-refractivity contribution in [3.8, 4) is 0 Å². The van der Waals surface area contributed by atoms with E-state index in [1.165, 1.54) is 0 Å². The highest BCUT2D eigenvalue weighted by Gasteiger charge is 2.80. The molecule has 1 heterocycles. The minimum Gasteiger partial charge on any atom is -0.481 e. The van der Waals surface area contributed by atoms with Crippen molar-refractivity contribution in [2.24, 2.45) is 28.6 Å². The molecule has 6 nitrogen and oxygen atoms in total. The van der Waals surface area contributed by atoms with Gasteiger partial charge in [0.25, 0.3) is 0 Å². The highest BCUT2D eigenvalue weighted by atomic mass is 16.6. The average molecular weight is 364 g/mol. The van der Waals surface area contributed by atoms with Crippen LogP contribution in [-0.2, 0) is 14.3 Å². The third kappa shape index (κ3) is 1.63. The lowest BCUT2D eigenvalue weighted by atomic mass is 9.42. The number of esters is 1. The maximum Gasteiger partial charge on any atom is 0.316 e. The summed E-state index contributed by atoms with van der Waals surface area (Å²) in [5.41, 5.74) is -3.07. The number of ether oxygens (including phenoxy) is 1. The van der Waals surface area contributed by atoms with E-state index in [4.69, 9.17) is 4.74 Å². The summed E-state index contributed by atoms with van der Waals surface area (Å²) in [7, 11) is 0. The van der Waals surface area contributed by atoms with Gasteiger partial charge in [-0.05, 0) is 56.8 Å². The molecule has 1 saturated heterocycles. The van der Waals surface area contributed by atoms with Crippen LogP contribution < -0.4 is 0 Å². The maximum atomic E-state index is 13.2. The Bertz CT molecular complexity index is 692. The predicted octanol–water partition coefficient (Wildman–Crippen LogP) is 1.87. The Morgan fingerprint density at radius 3 is 2.58 bits per heavy atom. The Hall–Kier alpha value is -1.14. The lowest BCUT2D eigenvalue weighted by molar-refractivity contribution is -0.216. The Balaban J connectivity index is 1.61. The zero-order chi connectivity index (χ0) is 18.5. The van der Waals surface area contributed by atoms with E-state index in [9.17, 15) is 24.9 Å². The molecule has 0 radical (unpaired) electrons. The quantitative estimate of drug-likeness (QED) is 0.614. The lowest BCUT2D eigenvalue weighted by Gasteiger charge is -2.61. The van der Waals surface area contributed by atoms with Gasteiger partial charge in [-0.15, -0.1) is 0 Å². The number of carboxylic acids is 1. The maximum absolute atomic E-state index is 13.2. The van der Waals surface area contributed by atoms with Gasteiger partial charge < -0.3 is 20.1 Å². The number of aliphatic hydroxyl groups is 2. The summed E-state index contributed by atoms with van der Waals surface area (Å²) in [5.74, 6) is -1.42. The normalized spacial score (nSPS) is 57.7. The predicted molar refractivity (Wildman–Crippen MR) is 90.0 cm³/mol. The van der Waals surface area contributed by atoms with Crippen LogP contribution in [0.5, 0.6) is 0 Å². The molecule has 0 amide bonds. The molecule has 5 rings (SSSR count). The smallest absolute Gasteiger partial charge is 0.316 e. The van der Waals surface area contributed by atoms with Crippen LogP contribution in [-0.4, -0.2) is 44.6 Å². The first-order valence-corrected chi connectivity index (χ1v) is 10.1. The number of fused-ring (bicyclic) bond motifs is 1. The summed E-state index contributed by atoms with van der Waals surface area (Å²) < 4.78 is 6.17. The molecule has 5 aliphatic rings. The van der Waals surface area contributed by atoms with Gasteiger partial charge in [-0.25, -0.2) is 0 Å². The summed E-state index contributed by atoms with van der Waals surface area (Å²) in [6.45, 7) is 2.07. The summed E-state index contributed by atoms with van der Waals surface area (Å²) in [5, 5.41) is 31.3. The molecule has 0 unspecified atom stereocenters. The van der Waals surface area contributed by atoms with E-state index < -0.39 is 28.7 Å². The molecule has 4 saturated carbocycles. The second-order valence-corrected chi connectivity index (χ2v) is 9.86. The topological polar surface area (TPSA) is 104 Å². The van der Waals surface area contributed by atoms with Gasteiger partial charge >= 0.3 is 11.9 Å². The van der Waals surface area contributed by atoms with Gasteiger partial charge in [0.2, 0.25) is 0 Å². The largest absolute Gasteiger partial charge is 0.481 e. The lowest BCUT2D eigenvalue weighted by Crippen LogP contribution is -2.67. The van der Waals surface area contributed by atoms with Gasteiger partial charge in [0.1, 0.15) is 11.0 Å². The summed E-state index contributed by atoms with van der Waals surface area (Å²) >= 11 is 0. The number of aliphatic carboxylic acids is 1. The molecule has 0 aromatic rings. The molecule has 6 heteroatoms. The highest BCUT2D eigenvalue weighted by molar-refractivity contribution is 5.83. The van der Waals surface area contributed by atoms with Crippen molar-refractivity contribution in [3.05, 3.63) is 0 Å². The number of carbonyl (C=O) groups excluding carboxylic acids is 1. The summed E-state index contributed by atoms with van der Waals surface area (Å²) in [6, 6.07) is 0. The monoisotopic (exact) mass is 364 g/mol. The van der Waals surface area contributed by atoms with Crippen molar-refractivity contribution in [2.75, 3.05) is 0 Å². The van der Waals surface area contributed by atoms with Crippen LogP contribution in [0.1, 0.15) is 64.7 Å². The van der Waals surface area contributed by atoms with Crippen LogP contribution in [0, 0.1) is 28.6 Å². The van der Waals surface area contributed by atoms with E-state index in [0.29, 0.717) is 32.1 Å². The third-order valence-electron chi connectivity index (χ3n) is 9.23. The molecule has 8 atom stereocenters. The Morgan fingerprint density at radius 2 is 1.85 bits per heavy atom. The van der Waals surface area contributed by atoms with Crippen LogP contribution in [0.15, 0.2) is 0 Å². The first kappa shape index (κ1) is 17.0. The molecular formula is C20H28O6. The Morgan fingerprint density at radius 1 is 1.08 bits per heavy atom. The van der Waals surface area contributed by atoms with Crippen molar-refractivity contribution >= 4 is 11.9 Å². The van der Waals surface area contributed by atoms with E-state index in [-0.39, 0.29) is 35.6 Å². The molecule has 1 spiro atoms. The molecule has 5 fully saturated rings. The highest BCUT2D eigenvalue weighted by Crippen LogP contribution is 2.74. The molecule has 0 aromatic carbocycles. The number of carbonyl (C=O) groups is 2. The van der Waals surface area contributed by atoms with E-state index in [0.717, 1.165) is 19.3 Å². The first-order chi connectivity index (χ1) is 12.2. The number of carboxylic acid groups (broad SMARTS) is 1. The van der Waals surface area contributed by atoms with E-state index in [1.54, 1.807) is 0 Å². The van der Waals surface area contributed by atoms with E-state index in [1.807, 2.05) is 0 Å². The van der Waals surface area contributed by atoms with Crippen molar-refractivity contribution in [2.45, 2.75) is 82.0 Å². The molecule has 2 bridgehead atoms. The van der Waals surface area contributed by atoms with E-state index >= 15 is 0 Å². The Labute approximate surface area is 152 Å². The van der Waals surface area contributed by atoms with E-state index in [2.05, 4.69) is 6.92 Å². The zero-order valence-electron chi connectivity index (χ0n) is 15.2. The SMILES string of the molecule is C[C@]12CC[C@@H]3[C@]4(CC[C@@]5(O)C[C@@H](O)CC[C@@]35C(=O)O4)[C@H]1CC[C@H]2C(=O)O. The standard InChI is InChI=1S/C20H28O6/c1-17-6-5-14-19-7-4-11(21)10-18(19,25)8-9-20(14,26-16(19)24)13(17)3-2-12(17)15(22)23/h11-14,21,25H,2-10H2,1H3,(H,22,23)/t11-,12-,13-,14-,17+,18+,19-,20-/m0/s1. The fourth-order valence-electron chi connectivity index (χ4n) is 8.16. The first-order valence-electron chi connectivity index (χ1n) is 10.1. The van der Waals surface area contributed by atoms with Gasteiger partial charge in [-0.1, -0.05) is 6.92 Å². The molecular weight excluding hydrogens is 336 g/mol. The van der Waals surface area contributed by atoms with Crippen LogP contribution in [0.25, 0.3) is 0 Å². The molecule has 3 N–H and O–H groups in total. The van der Waals surface area contributed by atoms with Crippen molar-refractivity contribution < 1.29 is 29.6 Å². The van der Waals surface area contributed by atoms with Crippen LogP contribution in [0.4, 0.5) is 0 Å². The number of hydrogen-bond acceptors (Lipinski definition) is 5. The minimum absolute atomic E-state index is 0.0505. The summed E-state index contributed by atoms with van der Waals surface area (Å²) in [4.78, 5) is 25.0. The number of rotatable bonds is 1. The fraction of sp³-hybridized carbons (Fsp3) is 0.900. The van der Waals surface area contributed by atoms with Crippen LogP contribution in [0.2, 0.25) is 0 Å². The molecule has 144 valence electrons. The van der Waals surface area contributed by atoms with Crippen LogP contribution >= 0.6 is 0 Å². The number of hydrogen-bond donors (Lipinski definition) is 3. The molecule has 4 aliphatic carbocycles. The Kier molecular flexibility index (Phi) is 3.15. The van der Waals surface area contributed by atoms with Gasteiger partial charge in [0.05, 0.1) is 17.6 Å². The zero-order valence-corrected chi connectivity index (χ0v) is 15.2. The second kappa shape index (κ2) is 4.82. The fourth-order valence-corrected chi connectivity index (χ4v) is 8.16. The summed E-state index contributed by atoms with van der Waals surface area (Å²) in [6.07, 6.45) is 4.60. The van der Waals surface area contributed by atoms with Gasteiger partial charge in [-0.2, -0.15) is 0 Å². The van der Waals surface area contributed by atoms with Crippen LogP contribution in [0.3, 0.4) is 0 Å². The molecule has 0 aromatic heterocycles. The van der Waals surface area contributed by atoms with Crippen molar-refractivity contribution in [1.29, 1.82) is 0 Å². The minimum atomic E-state index is -1.19. The third-order valence-corrected chi connectivity index (χ3v) is 9.23. The van der Waals surface area contributed by atoms with Crippen molar-refractivity contribution in [3.63, 3.8) is 0 Å². The number of aliphatic hydroxyl groups excluding tert-OH is 1. The molecule has 1 aliphatic heterocycles. The van der Waals surface area contributed by atoms with Crippen molar-refractivity contribution in [1.82, 2.24) is 0 Å². The van der Waals surface area contributed by atoms with Gasteiger partial charge in [-0.3, -0.25) is 9.59 Å².